The zero-order valence-corrected chi connectivity index (χ0v) is 12.7. The van der Waals surface area contributed by atoms with E-state index in [1.807, 2.05) is 0 Å². The smallest absolute Gasteiger partial charge is 0.213 e. The second-order valence-electron chi connectivity index (χ2n) is 5.97. The van der Waals surface area contributed by atoms with E-state index in [-0.39, 0.29) is 36.7 Å². The predicted molar refractivity (Wildman–Crippen MR) is 79.3 cm³/mol. The van der Waals surface area contributed by atoms with E-state index in [9.17, 15) is 4.39 Å². The second-order valence-corrected chi connectivity index (χ2v) is 5.97. The van der Waals surface area contributed by atoms with Crippen molar-refractivity contribution in [1.82, 2.24) is 9.88 Å². The first-order valence-electron chi connectivity index (χ1n) is 6.78. The van der Waals surface area contributed by atoms with Crippen molar-refractivity contribution in [3.63, 3.8) is 0 Å². The lowest BCUT2D eigenvalue weighted by Crippen LogP contribution is -2.61. The molecular formula is C14H19Cl2FN2O. The fourth-order valence-corrected chi connectivity index (χ4v) is 4.13. The van der Waals surface area contributed by atoms with Crippen LogP contribution in [0.4, 0.5) is 4.39 Å². The minimum absolute atomic E-state index is 0. The molecule has 3 saturated heterocycles. The van der Waals surface area contributed by atoms with Crippen LogP contribution >= 0.6 is 24.8 Å². The highest BCUT2D eigenvalue weighted by Crippen LogP contribution is 2.44. The van der Waals surface area contributed by atoms with E-state index in [2.05, 4.69) is 9.88 Å². The minimum atomic E-state index is -0.307. The summed E-state index contributed by atoms with van der Waals surface area (Å²) in [6.45, 7) is 3.62. The van der Waals surface area contributed by atoms with E-state index in [1.54, 1.807) is 6.07 Å². The van der Waals surface area contributed by atoms with Crippen LogP contribution in [0.5, 0.6) is 5.88 Å². The molecule has 0 amide bonds. The first-order valence-corrected chi connectivity index (χ1v) is 6.78. The van der Waals surface area contributed by atoms with E-state index in [4.69, 9.17) is 4.74 Å². The van der Waals surface area contributed by atoms with Gasteiger partial charge in [0, 0.05) is 37.5 Å². The molecule has 4 fully saturated rings. The minimum Gasteiger partial charge on any atom is -0.474 e. The average Bonchev–Trinajstić information content (AvgIpc) is 2.35. The van der Waals surface area contributed by atoms with Crippen molar-refractivity contribution in [3.05, 3.63) is 24.1 Å². The van der Waals surface area contributed by atoms with E-state index in [0.717, 1.165) is 5.92 Å². The van der Waals surface area contributed by atoms with Crippen molar-refractivity contribution in [2.24, 2.45) is 17.8 Å². The van der Waals surface area contributed by atoms with Crippen molar-refractivity contribution >= 4 is 24.8 Å². The summed E-state index contributed by atoms with van der Waals surface area (Å²) in [6, 6.07) is 3.06. The third kappa shape index (κ3) is 2.74. The van der Waals surface area contributed by atoms with E-state index < -0.39 is 0 Å². The molecule has 0 spiro atoms. The molecule has 1 saturated carbocycles. The van der Waals surface area contributed by atoms with Gasteiger partial charge in [-0.2, -0.15) is 0 Å². The van der Waals surface area contributed by atoms with Crippen LogP contribution < -0.4 is 4.74 Å². The van der Waals surface area contributed by atoms with Crippen LogP contribution in [0.1, 0.15) is 12.8 Å². The number of piperidine rings is 3. The Balaban J connectivity index is 0.000000735. The fourth-order valence-electron chi connectivity index (χ4n) is 4.13. The number of hydrogen-bond acceptors (Lipinski definition) is 3. The summed E-state index contributed by atoms with van der Waals surface area (Å²) in [5, 5.41) is 0. The normalized spacial score (nSPS) is 37.0. The highest BCUT2D eigenvalue weighted by Gasteiger charge is 2.48. The Hall–Kier alpha value is -0.580. The lowest BCUT2D eigenvalue weighted by atomic mass is 9.66. The summed E-state index contributed by atoms with van der Waals surface area (Å²) in [7, 11) is 0. The average molecular weight is 321 g/mol. The maximum absolute atomic E-state index is 12.8. The van der Waals surface area contributed by atoms with Crippen molar-refractivity contribution in [3.8, 4) is 5.88 Å². The van der Waals surface area contributed by atoms with Crippen LogP contribution in [0.15, 0.2) is 18.3 Å². The molecule has 0 aromatic carbocycles. The van der Waals surface area contributed by atoms with E-state index >= 15 is 0 Å². The summed E-state index contributed by atoms with van der Waals surface area (Å²) in [6.07, 6.45) is 4.10. The third-order valence-electron chi connectivity index (χ3n) is 4.66. The molecule has 5 rings (SSSR count). The first-order chi connectivity index (χ1) is 8.78. The molecule has 1 aromatic heterocycles. The van der Waals surface area contributed by atoms with Crippen molar-refractivity contribution in [2.75, 3.05) is 19.6 Å². The quantitative estimate of drug-likeness (QED) is 0.837. The lowest BCUT2D eigenvalue weighted by Gasteiger charge is -2.55. The van der Waals surface area contributed by atoms with Gasteiger partial charge >= 0.3 is 0 Å². The molecule has 4 aliphatic rings. The van der Waals surface area contributed by atoms with Gasteiger partial charge in [0.05, 0.1) is 6.20 Å². The number of nitrogens with zero attached hydrogens (tertiary/aromatic N) is 2. The van der Waals surface area contributed by atoms with Crippen LogP contribution in [-0.4, -0.2) is 35.6 Å². The van der Waals surface area contributed by atoms with Crippen LogP contribution in [-0.2, 0) is 0 Å². The van der Waals surface area contributed by atoms with Crippen molar-refractivity contribution < 1.29 is 9.13 Å². The zero-order chi connectivity index (χ0) is 12.1. The fraction of sp³-hybridized carbons (Fsp3) is 0.643. The van der Waals surface area contributed by atoms with Gasteiger partial charge in [-0.15, -0.1) is 24.8 Å². The van der Waals surface area contributed by atoms with Gasteiger partial charge in [-0.1, -0.05) is 0 Å². The van der Waals surface area contributed by atoms with Crippen LogP contribution in [0.2, 0.25) is 0 Å². The summed E-state index contributed by atoms with van der Waals surface area (Å²) < 4.78 is 18.9. The SMILES string of the molecule is Cl.Cl.Fc1ccc(OC2[C@H]3CC4C[C@H]2CN(C4)C3)nc1. The highest BCUT2D eigenvalue weighted by molar-refractivity contribution is 5.85. The first kappa shape index (κ1) is 15.8. The molecule has 1 aromatic rings. The number of pyridine rings is 1. The van der Waals surface area contributed by atoms with Gasteiger partial charge in [-0.25, -0.2) is 9.37 Å². The Morgan fingerprint density at radius 3 is 2.35 bits per heavy atom. The lowest BCUT2D eigenvalue weighted by molar-refractivity contribution is -0.0997. The number of rotatable bonds is 2. The van der Waals surface area contributed by atoms with Gasteiger partial charge in [0.1, 0.15) is 11.9 Å². The molecule has 3 aliphatic heterocycles. The molecule has 3 nitrogen and oxygen atoms in total. The molecule has 1 aliphatic carbocycles. The molecule has 20 heavy (non-hydrogen) atoms. The van der Waals surface area contributed by atoms with E-state index in [0.29, 0.717) is 17.7 Å². The molecule has 0 unspecified atom stereocenters. The maximum atomic E-state index is 12.8. The summed E-state index contributed by atoms with van der Waals surface area (Å²) in [4.78, 5) is 6.59. The predicted octanol–water partition coefficient (Wildman–Crippen LogP) is 2.78. The van der Waals surface area contributed by atoms with Gasteiger partial charge < -0.3 is 9.64 Å². The highest BCUT2D eigenvalue weighted by atomic mass is 35.5. The summed E-state index contributed by atoms with van der Waals surface area (Å²) in [5.74, 6) is 2.43. The molecule has 6 heteroatoms. The molecule has 4 heterocycles. The van der Waals surface area contributed by atoms with E-state index in [1.165, 1.54) is 44.7 Å². The molecule has 112 valence electrons. The number of halogens is 3. The van der Waals surface area contributed by atoms with Crippen LogP contribution in [0.3, 0.4) is 0 Å². The Labute approximate surface area is 130 Å². The number of aromatic nitrogens is 1. The van der Waals surface area contributed by atoms with Crippen LogP contribution in [0.25, 0.3) is 0 Å². The van der Waals surface area contributed by atoms with Gasteiger partial charge in [0.15, 0.2) is 0 Å². The molecule has 0 N–H and O–H groups in total. The van der Waals surface area contributed by atoms with Gasteiger partial charge in [-0.05, 0) is 24.8 Å². The van der Waals surface area contributed by atoms with Crippen molar-refractivity contribution in [1.29, 1.82) is 0 Å². The van der Waals surface area contributed by atoms with Gasteiger partial charge in [0.25, 0.3) is 0 Å². The summed E-state index contributed by atoms with van der Waals surface area (Å²) in [5.41, 5.74) is 0. The Morgan fingerprint density at radius 2 is 1.80 bits per heavy atom. The largest absolute Gasteiger partial charge is 0.474 e. The number of hydrogen-bond donors (Lipinski definition) is 0. The maximum Gasteiger partial charge on any atom is 0.213 e. The number of ether oxygens (including phenoxy) is 1. The van der Waals surface area contributed by atoms with Crippen molar-refractivity contribution in [2.45, 2.75) is 18.9 Å². The summed E-state index contributed by atoms with van der Waals surface area (Å²) >= 11 is 0. The molecular weight excluding hydrogens is 302 g/mol. The second kappa shape index (κ2) is 6.04. The molecule has 2 atom stereocenters. The Kier molecular flexibility index (Phi) is 4.77. The van der Waals surface area contributed by atoms with Gasteiger partial charge in [-0.3, -0.25) is 0 Å². The molecule has 4 bridgehead atoms. The topological polar surface area (TPSA) is 25.4 Å². The standard InChI is InChI=1S/C14H17FN2O.2ClH/c15-12-1-2-13(16-5-12)18-14-10-3-9-4-11(14)8-17(6-9)7-10;;/h1-2,5,9-11,14H,3-4,6-8H2;2*1H/t9?,10-,11-,14?;;/m0../s1. The third-order valence-corrected chi connectivity index (χ3v) is 4.66. The van der Waals surface area contributed by atoms with Gasteiger partial charge in [0.2, 0.25) is 5.88 Å². The van der Waals surface area contributed by atoms with Crippen LogP contribution in [0, 0.1) is 23.6 Å². The molecule has 0 radical (unpaired) electrons. The monoisotopic (exact) mass is 320 g/mol. The zero-order valence-electron chi connectivity index (χ0n) is 11.1. The Bertz CT molecular complexity index is 429. The Morgan fingerprint density at radius 1 is 1.10 bits per heavy atom.